The Kier molecular flexibility index (Phi) is 7.53. The topological polar surface area (TPSA) is 55.6 Å². The van der Waals surface area contributed by atoms with E-state index >= 15 is 0 Å². The second-order valence-electron chi connectivity index (χ2n) is 6.92. The summed E-state index contributed by atoms with van der Waals surface area (Å²) in [7, 11) is 0. The Bertz CT molecular complexity index is 511. The van der Waals surface area contributed by atoms with Crippen molar-refractivity contribution in [2.24, 2.45) is 11.7 Å². The molecular formula is C19H29ClN2O2. The van der Waals surface area contributed by atoms with Crippen LogP contribution in [0.5, 0.6) is 0 Å². The predicted octanol–water partition coefficient (Wildman–Crippen LogP) is 2.79. The lowest BCUT2D eigenvalue weighted by Crippen LogP contribution is -2.35. The Morgan fingerprint density at radius 1 is 1.21 bits per heavy atom. The molecule has 5 heteroatoms. The maximum Gasteiger partial charge on any atom is 0.225 e. The molecule has 2 N–H and O–H groups in total. The largest absolute Gasteiger partial charge is 0.376 e. The molecule has 0 spiro atoms. The zero-order valence-corrected chi connectivity index (χ0v) is 15.0. The van der Waals surface area contributed by atoms with Crippen LogP contribution in [0.4, 0.5) is 0 Å². The van der Waals surface area contributed by atoms with E-state index in [0.29, 0.717) is 5.91 Å². The molecule has 3 rings (SSSR count). The summed E-state index contributed by atoms with van der Waals surface area (Å²) >= 11 is 0. The van der Waals surface area contributed by atoms with Gasteiger partial charge in [-0.3, -0.25) is 4.79 Å². The number of nitrogens with zero attached hydrogens (tertiary/aromatic N) is 1. The molecule has 1 amide bonds. The number of benzene rings is 1. The van der Waals surface area contributed by atoms with Gasteiger partial charge in [-0.05, 0) is 44.1 Å². The van der Waals surface area contributed by atoms with Crippen LogP contribution in [-0.4, -0.2) is 42.6 Å². The molecule has 1 aliphatic carbocycles. The highest BCUT2D eigenvalue weighted by atomic mass is 35.5. The van der Waals surface area contributed by atoms with Gasteiger partial charge in [-0.15, -0.1) is 12.4 Å². The summed E-state index contributed by atoms with van der Waals surface area (Å²) < 4.78 is 5.97. The lowest BCUT2D eigenvalue weighted by molar-refractivity contribution is -0.134. The van der Waals surface area contributed by atoms with Crippen LogP contribution in [-0.2, 0) is 16.0 Å². The summed E-state index contributed by atoms with van der Waals surface area (Å²) in [5.74, 6) is 0.454. The molecule has 24 heavy (non-hydrogen) atoms. The number of amides is 1. The number of nitrogens with two attached hydrogens (primary N) is 1. The predicted molar refractivity (Wildman–Crippen MR) is 98.3 cm³/mol. The molecule has 3 unspecified atom stereocenters. The Labute approximate surface area is 151 Å². The molecule has 0 aromatic heterocycles. The first-order valence-corrected chi connectivity index (χ1v) is 8.92. The highest BCUT2D eigenvalue weighted by Crippen LogP contribution is 2.27. The first-order valence-electron chi connectivity index (χ1n) is 8.92. The van der Waals surface area contributed by atoms with Gasteiger partial charge in [-0.25, -0.2) is 0 Å². The van der Waals surface area contributed by atoms with Crippen LogP contribution in [0.1, 0.15) is 37.7 Å². The average Bonchev–Trinajstić information content (AvgIpc) is 3.21. The molecule has 1 aromatic carbocycles. The summed E-state index contributed by atoms with van der Waals surface area (Å²) in [5.41, 5.74) is 7.28. The van der Waals surface area contributed by atoms with Gasteiger partial charge in [0.2, 0.25) is 5.91 Å². The third-order valence-corrected chi connectivity index (χ3v) is 5.09. The fourth-order valence-corrected chi connectivity index (χ4v) is 3.73. The van der Waals surface area contributed by atoms with Crippen LogP contribution in [0.25, 0.3) is 0 Å². The zero-order chi connectivity index (χ0) is 16.1. The van der Waals surface area contributed by atoms with Crippen LogP contribution >= 0.6 is 12.4 Å². The van der Waals surface area contributed by atoms with Crippen LogP contribution < -0.4 is 5.73 Å². The minimum Gasteiger partial charge on any atom is -0.376 e. The van der Waals surface area contributed by atoms with E-state index in [1.165, 1.54) is 5.56 Å². The maximum atomic E-state index is 12.5. The number of halogens is 1. The monoisotopic (exact) mass is 352 g/mol. The fourth-order valence-electron chi connectivity index (χ4n) is 3.73. The van der Waals surface area contributed by atoms with Gasteiger partial charge in [0.25, 0.3) is 0 Å². The van der Waals surface area contributed by atoms with Gasteiger partial charge in [0.1, 0.15) is 0 Å². The number of carbonyl (C=O) groups excluding carboxylic acids is 1. The van der Waals surface area contributed by atoms with Crippen molar-refractivity contribution in [3.05, 3.63) is 35.9 Å². The molecule has 1 aliphatic heterocycles. The van der Waals surface area contributed by atoms with Crippen LogP contribution in [0, 0.1) is 5.92 Å². The Hall–Kier alpha value is -1.10. The van der Waals surface area contributed by atoms with Crippen molar-refractivity contribution >= 4 is 18.3 Å². The van der Waals surface area contributed by atoms with Gasteiger partial charge in [0.15, 0.2) is 0 Å². The van der Waals surface area contributed by atoms with E-state index in [1.807, 2.05) is 11.0 Å². The van der Waals surface area contributed by atoms with Gasteiger partial charge in [0, 0.05) is 31.7 Å². The van der Waals surface area contributed by atoms with Gasteiger partial charge >= 0.3 is 0 Å². The molecule has 2 aliphatic rings. The van der Waals surface area contributed by atoms with Gasteiger partial charge in [-0.2, -0.15) is 0 Å². The number of ether oxygens (including phenoxy) is 1. The lowest BCUT2D eigenvalue weighted by atomic mass is 10.1. The van der Waals surface area contributed by atoms with E-state index < -0.39 is 0 Å². The molecule has 1 saturated heterocycles. The highest BCUT2D eigenvalue weighted by Gasteiger charge is 2.34. The summed E-state index contributed by atoms with van der Waals surface area (Å²) in [6, 6.07) is 10.7. The molecule has 0 bridgehead atoms. The number of hydrogen-bond acceptors (Lipinski definition) is 3. The summed E-state index contributed by atoms with van der Waals surface area (Å²) in [5, 5.41) is 0. The highest BCUT2D eigenvalue weighted by molar-refractivity contribution is 5.85. The molecule has 4 nitrogen and oxygen atoms in total. The molecule has 1 saturated carbocycles. The third-order valence-electron chi connectivity index (χ3n) is 5.09. The SMILES string of the molecule is Cl.NC1CCC(C(=O)N2CCC(OCCCc3ccccc3)C2)C1. The van der Waals surface area contributed by atoms with Crippen molar-refractivity contribution in [1.29, 1.82) is 0 Å². The third kappa shape index (κ3) is 5.20. The Morgan fingerprint density at radius 3 is 2.71 bits per heavy atom. The number of likely N-dealkylation sites (tertiary alicyclic amines) is 1. The van der Waals surface area contributed by atoms with Crippen molar-refractivity contribution < 1.29 is 9.53 Å². The van der Waals surface area contributed by atoms with Crippen LogP contribution in [0.15, 0.2) is 30.3 Å². The first kappa shape index (κ1) is 19.2. The second-order valence-corrected chi connectivity index (χ2v) is 6.92. The number of aryl methyl sites for hydroxylation is 1. The number of hydrogen-bond donors (Lipinski definition) is 1. The second kappa shape index (κ2) is 9.40. The van der Waals surface area contributed by atoms with E-state index in [1.54, 1.807) is 0 Å². The molecule has 134 valence electrons. The summed E-state index contributed by atoms with van der Waals surface area (Å²) in [6.07, 6.45) is 6.07. The molecular weight excluding hydrogens is 324 g/mol. The molecule has 2 fully saturated rings. The molecule has 1 heterocycles. The van der Waals surface area contributed by atoms with Crippen LogP contribution in [0.2, 0.25) is 0 Å². The molecule has 1 aromatic rings. The molecule has 3 atom stereocenters. The summed E-state index contributed by atoms with van der Waals surface area (Å²) in [6.45, 7) is 2.37. The van der Waals surface area contributed by atoms with Crippen molar-refractivity contribution in [3.63, 3.8) is 0 Å². The van der Waals surface area contributed by atoms with Crippen LogP contribution in [0.3, 0.4) is 0 Å². The van der Waals surface area contributed by atoms with Gasteiger partial charge < -0.3 is 15.4 Å². The summed E-state index contributed by atoms with van der Waals surface area (Å²) in [4.78, 5) is 14.5. The quantitative estimate of drug-likeness (QED) is 0.801. The Morgan fingerprint density at radius 2 is 2.00 bits per heavy atom. The minimum absolute atomic E-state index is 0. The van der Waals surface area contributed by atoms with Gasteiger partial charge in [-0.1, -0.05) is 30.3 Å². The van der Waals surface area contributed by atoms with E-state index in [0.717, 1.165) is 58.2 Å². The maximum absolute atomic E-state index is 12.5. The number of carbonyl (C=O) groups is 1. The molecule has 0 radical (unpaired) electrons. The smallest absolute Gasteiger partial charge is 0.225 e. The van der Waals surface area contributed by atoms with Crippen molar-refractivity contribution in [2.75, 3.05) is 19.7 Å². The number of rotatable bonds is 6. The van der Waals surface area contributed by atoms with Crippen molar-refractivity contribution in [2.45, 2.75) is 50.7 Å². The first-order chi connectivity index (χ1) is 11.2. The van der Waals surface area contributed by atoms with E-state index in [2.05, 4.69) is 24.3 Å². The minimum atomic E-state index is 0. The fraction of sp³-hybridized carbons (Fsp3) is 0.632. The average molecular weight is 353 g/mol. The van der Waals surface area contributed by atoms with Gasteiger partial charge in [0.05, 0.1) is 6.10 Å². The lowest BCUT2D eigenvalue weighted by Gasteiger charge is -2.20. The van der Waals surface area contributed by atoms with E-state index in [9.17, 15) is 4.79 Å². The van der Waals surface area contributed by atoms with E-state index in [4.69, 9.17) is 10.5 Å². The van der Waals surface area contributed by atoms with E-state index in [-0.39, 0.29) is 30.5 Å². The van der Waals surface area contributed by atoms with Crippen molar-refractivity contribution in [1.82, 2.24) is 4.90 Å². The normalized spacial score (nSPS) is 26.4. The van der Waals surface area contributed by atoms with Crippen molar-refractivity contribution in [3.8, 4) is 0 Å². The Balaban J connectivity index is 0.00000208. The standard InChI is InChI=1S/C19H28N2O2.ClH/c20-17-9-8-16(13-17)19(22)21-11-10-18(14-21)23-12-4-7-15-5-2-1-3-6-15;/h1-3,5-6,16-18H,4,7-14,20H2;1H. The zero-order valence-electron chi connectivity index (χ0n) is 14.2.